The molecule has 0 radical (unpaired) electrons. The van der Waals surface area contributed by atoms with E-state index >= 15 is 0 Å². The summed E-state index contributed by atoms with van der Waals surface area (Å²) in [7, 11) is 1.12. The predicted octanol–water partition coefficient (Wildman–Crippen LogP) is 3.43. The molecule has 0 spiro atoms. The van der Waals surface area contributed by atoms with Gasteiger partial charge in [-0.1, -0.05) is 6.92 Å². The number of esters is 1. The van der Waals surface area contributed by atoms with Gasteiger partial charge in [-0.05, 0) is 0 Å². The minimum Gasteiger partial charge on any atom is -0.469 e. The van der Waals surface area contributed by atoms with E-state index in [0.717, 1.165) is 7.11 Å². The maximum atomic E-state index is 13.3. The quantitative estimate of drug-likeness (QED) is 0.280. The van der Waals surface area contributed by atoms with E-state index in [1.165, 1.54) is 6.92 Å². The summed E-state index contributed by atoms with van der Waals surface area (Å²) >= 11 is 0.380. The molecule has 1 rings (SSSR count). The van der Waals surface area contributed by atoms with Gasteiger partial charge in [0, 0.05) is 5.25 Å². The zero-order valence-electron chi connectivity index (χ0n) is 9.90. The van der Waals surface area contributed by atoms with Crippen molar-refractivity contribution in [3.8, 4) is 0 Å². The number of thioether (sulfide) groups is 1. The Labute approximate surface area is 109 Å². The van der Waals surface area contributed by atoms with E-state index in [4.69, 9.17) is 0 Å². The van der Waals surface area contributed by atoms with E-state index in [1.807, 2.05) is 0 Å². The largest absolute Gasteiger partial charge is 0.469 e. The molecule has 0 saturated heterocycles. The van der Waals surface area contributed by atoms with Gasteiger partial charge in [0.05, 0.1) is 18.4 Å². The molecule has 0 saturated carbocycles. The van der Waals surface area contributed by atoms with Gasteiger partial charge in [0.2, 0.25) is 5.82 Å². The zero-order valence-corrected chi connectivity index (χ0v) is 10.7. The van der Waals surface area contributed by atoms with Crippen molar-refractivity contribution in [1.82, 2.24) is 0 Å². The first-order chi connectivity index (χ1) is 8.79. The number of rotatable bonds is 4. The Hall–Kier alpha value is -1.31. The summed E-state index contributed by atoms with van der Waals surface area (Å²) in [5.74, 6) is -10.7. The van der Waals surface area contributed by atoms with E-state index in [2.05, 4.69) is 4.74 Å². The molecule has 1 aromatic carbocycles. The maximum absolute atomic E-state index is 13.3. The first-order valence-electron chi connectivity index (χ1n) is 5.04. The summed E-state index contributed by atoms with van der Waals surface area (Å²) in [6.45, 7) is 1.40. The fourth-order valence-corrected chi connectivity index (χ4v) is 2.26. The summed E-state index contributed by atoms with van der Waals surface area (Å²) < 4.78 is 69.6. The lowest BCUT2D eigenvalue weighted by Gasteiger charge is -2.12. The molecule has 106 valence electrons. The van der Waals surface area contributed by atoms with Gasteiger partial charge in [-0.25, -0.2) is 22.0 Å². The van der Waals surface area contributed by atoms with Gasteiger partial charge in [0.1, 0.15) is 0 Å². The number of ether oxygens (including phenoxy) is 1. The summed E-state index contributed by atoms with van der Waals surface area (Å²) in [6, 6.07) is 0. The first-order valence-corrected chi connectivity index (χ1v) is 5.92. The third kappa shape index (κ3) is 3.37. The molecule has 2 nitrogen and oxygen atoms in total. The number of hydrogen-bond acceptors (Lipinski definition) is 3. The second-order valence-corrected chi connectivity index (χ2v) is 5.06. The third-order valence-electron chi connectivity index (χ3n) is 2.17. The molecule has 0 fully saturated rings. The van der Waals surface area contributed by atoms with Gasteiger partial charge >= 0.3 is 5.97 Å². The lowest BCUT2D eigenvalue weighted by atomic mass is 10.3. The Morgan fingerprint density at radius 3 is 1.89 bits per heavy atom. The van der Waals surface area contributed by atoms with Gasteiger partial charge < -0.3 is 4.74 Å². The van der Waals surface area contributed by atoms with Crippen LogP contribution in [0.3, 0.4) is 0 Å². The van der Waals surface area contributed by atoms with Crippen molar-refractivity contribution in [1.29, 1.82) is 0 Å². The SMILES string of the molecule is COC(=O)CC(C)Sc1c(F)c(F)c(F)c(F)c1F. The van der Waals surface area contributed by atoms with Gasteiger partial charge in [-0.15, -0.1) is 11.8 Å². The van der Waals surface area contributed by atoms with Crippen LogP contribution in [0.2, 0.25) is 0 Å². The van der Waals surface area contributed by atoms with Gasteiger partial charge in [-0.3, -0.25) is 4.79 Å². The Morgan fingerprint density at radius 1 is 1.05 bits per heavy atom. The van der Waals surface area contributed by atoms with Crippen LogP contribution in [0.5, 0.6) is 0 Å². The molecular weight excluding hydrogens is 291 g/mol. The molecule has 0 N–H and O–H groups in total. The van der Waals surface area contributed by atoms with Crippen LogP contribution < -0.4 is 0 Å². The first kappa shape index (κ1) is 15.7. The fraction of sp³-hybridized carbons (Fsp3) is 0.364. The van der Waals surface area contributed by atoms with Crippen LogP contribution in [-0.2, 0) is 9.53 Å². The number of methoxy groups -OCH3 is 1. The van der Waals surface area contributed by atoms with Crippen LogP contribution in [-0.4, -0.2) is 18.3 Å². The predicted molar refractivity (Wildman–Crippen MR) is 58.2 cm³/mol. The van der Waals surface area contributed by atoms with E-state index in [9.17, 15) is 26.7 Å². The van der Waals surface area contributed by atoms with Gasteiger partial charge in [0.25, 0.3) is 0 Å². The lowest BCUT2D eigenvalue weighted by molar-refractivity contribution is -0.140. The molecule has 0 amide bonds. The molecule has 0 bridgehead atoms. The van der Waals surface area contributed by atoms with E-state index in [0.29, 0.717) is 11.8 Å². The number of carbonyl (C=O) groups excluding carboxylic acids is 1. The van der Waals surface area contributed by atoms with E-state index in [1.54, 1.807) is 0 Å². The normalized spacial score (nSPS) is 12.4. The summed E-state index contributed by atoms with van der Waals surface area (Å²) in [5.41, 5.74) is 0. The van der Waals surface area contributed by atoms with Crippen LogP contribution in [0, 0.1) is 29.1 Å². The fourth-order valence-electron chi connectivity index (χ4n) is 1.25. The van der Waals surface area contributed by atoms with Gasteiger partial charge in [0.15, 0.2) is 23.3 Å². The zero-order chi connectivity index (χ0) is 14.7. The molecule has 1 atom stereocenters. The third-order valence-corrected chi connectivity index (χ3v) is 3.33. The van der Waals surface area contributed by atoms with Crippen molar-refractivity contribution in [3.63, 3.8) is 0 Å². The topological polar surface area (TPSA) is 26.3 Å². The highest BCUT2D eigenvalue weighted by Gasteiger charge is 2.27. The maximum Gasteiger partial charge on any atom is 0.306 e. The van der Waals surface area contributed by atoms with Crippen LogP contribution in [0.25, 0.3) is 0 Å². The second kappa shape index (κ2) is 6.23. The molecule has 0 aliphatic rings. The highest BCUT2D eigenvalue weighted by molar-refractivity contribution is 8.00. The molecule has 0 heterocycles. The van der Waals surface area contributed by atoms with Crippen LogP contribution >= 0.6 is 11.8 Å². The van der Waals surface area contributed by atoms with Crippen molar-refractivity contribution in [2.24, 2.45) is 0 Å². The van der Waals surface area contributed by atoms with Crippen molar-refractivity contribution in [3.05, 3.63) is 29.1 Å². The number of benzene rings is 1. The monoisotopic (exact) mass is 300 g/mol. The van der Waals surface area contributed by atoms with Crippen LogP contribution in [0.4, 0.5) is 22.0 Å². The molecule has 1 unspecified atom stereocenters. The molecular formula is C11H9F5O2S. The number of carbonyl (C=O) groups is 1. The van der Waals surface area contributed by atoms with Crippen molar-refractivity contribution >= 4 is 17.7 Å². The van der Waals surface area contributed by atoms with Gasteiger partial charge in [-0.2, -0.15) is 0 Å². The molecule has 0 aromatic heterocycles. The Morgan fingerprint density at radius 2 is 1.47 bits per heavy atom. The highest BCUT2D eigenvalue weighted by atomic mass is 32.2. The molecule has 19 heavy (non-hydrogen) atoms. The Kier molecular flexibility index (Phi) is 5.16. The smallest absolute Gasteiger partial charge is 0.306 e. The lowest BCUT2D eigenvalue weighted by Crippen LogP contribution is -2.10. The highest BCUT2D eigenvalue weighted by Crippen LogP contribution is 2.34. The Balaban J connectivity index is 3.05. The van der Waals surface area contributed by atoms with Crippen molar-refractivity contribution < 1.29 is 31.5 Å². The van der Waals surface area contributed by atoms with Crippen molar-refractivity contribution in [2.45, 2.75) is 23.5 Å². The standard InChI is InChI=1S/C11H9F5O2S/c1-4(3-5(17)18-2)19-11-9(15)7(13)6(12)8(14)10(11)16/h4H,3H2,1-2H3. The molecule has 0 aliphatic carbocycles. The molecule has 8 heteroatoms. The number of hydrogen-bond donors (Lipinski definition) is 0. The molecule has 0 aliphatic heterocycles. The summed E-state index contributed by atoms with van der Waals surface area (Å²) in [6.07, 6.45) is -0.222. The minimum absolute atomic E-state index is 0.222. The average Bonchev–Trinajstić information content (AvgIpc) is 2.39. The summed E-state index contributed by atoms with van der Waals surface area (Å²) in [4.78, 5) is 9.93. The molecule has 1 aromatic rings. The van der Waals surface area contributed by atoms with Crippen LogP contribution in [0.15, 0.2) is 4.90 Å². The van der Waals surface area contributed by atoms with Crippen LogP contribution in [0.1, 0.15) is 13.3 Å². The average molecular weight is 300 g/mol. The summed E-state index contributed by atoms with van der Waals surface area (Å²) in [5, 5.41) is -0.708. The van der Waals surface area contributed by atoms with E-state index in [-0.39, 0.29) is 6.42 Å². The minimum atomic E-state index is -2.21. The second-order valence-electron chi connectivity index (χ2n) is 3.61. The van der Waals surface area contributed by atoms with Crippen molar-refractivity contribution in [2.75, 3.05) is 7.11 Å². The van der Waals surface area contributed by atoms with E-state index < -0.39 is 45.2 Å². The Bertz CT molecular complexity index is 477. The number of halogens is 5.